The number of benzene rings is 9. The van der Waals surface area contributed by atoms with Crippen molar-refractivity contribution in [3.63, 3.8) is 0 Å². The molecule has 0 radical (unpaired) electrons. The van der Waals surface area contributed by atoms with Gasteiger partial charge in [-0.15, -0.1) is 0 Å². The Hall–Kier alpha value is -7.36. The molecule has 13 rings (SSSR count). The van der Waals surface area contributed by atoms with Crippen LogP contribution in [0.15, 0.2) is 193 Å². The van der Waals surface area contributed by atoms with Crippen LogP contribution in [0.1, 0.15) is 257 Å². The number of hydrogen-bond donors (Lipinski definition) is 1. The van der Waals surface area contributed by atoms with Gasteiger partial charge < -0.3 is 0 Å². The summed E-state index contributed by atoms with van der Waals surface area (Å²) in [5.74, 6) is 3.88. The van der Waals surface area contributed by atoms with E-state index in [1.54, 1.807) is 48.9 Å². The lowest BCUT2D eigenvalue weighted by Gasteiger charge is -2.37. The van der Waals surface area contributed by atoms with Crippen LogP contribution in [-0.2, 0) is 54.8 Å². The molecule has 1 N–H and O–H groups in total. The van der Waals surface area contributed by atoms with E-state index in [1.807, 2.05) is 5.12 Å². The fraction of sp³-hybridized carbons (Fsp3) is 0.472. The number of hydrazine groups is 1. The molecular weight excluding hydrogens is 1420 g/mol. The summed E-state index contributed by atoms with van der Waals surface area (Å²) in [6.07, 6.45) is 26.4. The summed E-state index contributed by atoms with van der Waals surface area (Å²) < 4.78 is 0. The highest BCUT2D eigenvalue weighted by Gasteiger charge is 2.49. The molecule has 4 aliphatic rings. The number of aryl methyl sites for hydroxylation is 6. The second-order valence-corrected chi connectivity index (χ2v) is 55.5. The van der Waals surface area contributed by atoms with Crippen LogP contribution in [0.5, 0.6) is 0 Å². The highest BCUT2D eigenvalue weighted by molar-refractivity contribution is 6.89. The first-order valence-electron chi connectivity index (χ1n) is 45.4. The van der Waals surface area contributed by atoms with Crippen LogP contribution in [0.3, 0.4) is 0 Å². The van der Waals surface area contributed by atoms with Crippen molar-refractivity contribution in [2.24, 2.45) is 40.6 Å². The molecule has 1 heterocycles. The lowest BCUT2D eigenvalue weighted by molar-refractivity contribution is 0.308. The quantitative estimate of drug-likeness (QED) is 0.0396. The van der Waals surface area contributed by atoms with Crippen molar-refractivity contribution < 1.29 is 0 Å². The maximum absolute atomic E-state index is 5.44. The molecule has 6 unspecified atom stereocenters. The minimum atomic E-state index is -1.53. The van der Waals surface area contributed by atoms with Gasteiger partial charge in [0.2, 0.25) is 0 Å². The third-order valence-corrected chi connectivity index (χ3v) is 34.6. The Morgan fingerprint density at radius 1 is 0.298 bits per heavy atom. The highest BCUT2D eigenvalue weighted by Crippen LogP contribution is 2.59. The van der Waals surface area contributed by atoms with E-state index < -0.39 is 24.2 Å². The highest BCUT2D eigenvalue weighted by atomic mass is 28.3. The first-order valence-corrected chi connectivity index (χ1v) is 55.9. The van der Waals surface area contributed by atoms with Gasteiger partial charge in [0.25, 0.3) is 0 Å². The topological polar surface area (TPSA) is 27.6 Å². The van der Waals surface area contributed by atoms with E-state index >= 15 is 0 Å². The molecule has 9 aromatic carbocycles. The van der Waals surface area contributed by atoms with E-state index in [9.17, 15) is 0 Å². The van der Waals surface area contributed by atoms with Gasteiger partial charge in [0, 0.05) is 21.8 Å². The molecule has 3 nitrogen and oxygen atoms in total. The van der Waals surface area contributed by atoms with Crippen LogP contribution in [0, 0.1) is 35.5 Å². The Balaban J connectivity index is 0.739. The van der Waals surface area contributed by atoms with Gasteiger partial charge in [0.1, 0.15) is 0 Å². The van der Waals surface area contributed by atoms with Crippen LogP contribution in [0.25, 0.3) is 39.1 Å². The number of allylic oxidation sites excluding steroid dienone is 1. The monoisotopic (exact) mass is 1570 g/mol. The number of hydrazone groups is 1. The molecule has 0 fully saturated rings. The lowest BCUT2D eigenvalue weighted by Crippen LogP contribution is -2.39. The lowest BCUT2D eigenvalue weighted by atomic mass is 9.66. The van der Waals surface area contributed by atoms with E-state index in [0.717, 1.165) is 86.0 Å². The van der Waals surface area contributed by atoms with Crippen molar-refractivity contribution in [3.05, 3.63) is 266 Å². The number of hydrogen-bond acceptors (Lipinski definition) is 3. The van der Waals surface area contributed by atoms with E-state index in [2.05, 4.69) is 336 Å². The molecule has 0 bridgehead atoms. The first kappa shape index (κ1) is 84.6. The fourth-order valence-electron chi connectivity index (χ4n) is 20.3. The molecule has 9 aromatic rings. The summed E-state index contributed by atoms with van der Waals surface area (Å²) >= 11 is 0. The van der Waals surface area contributed by atoms with E-state index in [-0.39, 0.29) is 16.2 Å². The molecule has 1 aliphatic heterocycles. The summed E-state index contributed by atoms with van der Waals surface area (Å²) in [4.78, 5) is 0. The number of fused-ring (bicyclic) bond motifs is 9. The van der Waals surface area contributed by atoms with Gasteiger partial charge in [-0.2, -0.15) is 10.2 Å². The van der Waals surface area contributed by atoms with Crippen molar-refractivity contribution in [3.8, 4) is 33.4 Å². The molecule has 0 aromatic heterocycles. The minimum Gasteiger partial charge on any atom is -0.277 e. The molecular formula is C108H143N3Si3. The van der Waals surface area contributed by atoms with Crippen molar-refractivity contribution in [1.29, 1.82) is 0 Å². The summed E-state index contributed by atoms with van der Waals surface area (Å²) in [5, 5.41) is 12.2. The van der Waals surface area contributed by atoms with Gasteiger partial charge in [0.15, 0.2) is 0 Å². The molecule has 3 aliphatic carbocycles. The summed E-state index contributed by atoms with van der Waals surface area (Å²) in [6, 6.07) is 73.9. The predicted octanol–water partition coefficient (Wildman–Crippen LogP) is 28.0. The van der Waals surface area contributed by atoms with Gasteiger partial charge in [-0.25, -0.2) is 0 Å². The summed E-state index contributed by atoms with van der Waals surface area (Å²) in [6.45, 7) is 52.0. The van der Waals surface area contributed by atoms with Crippen LogP contribution in [0.2, 0.25) is 58.9 Å². The Bertz CT molecular complexity index is 4860. The third kappa shape index (κ3) is 17.9. The van der Waals surface area contributed by atoms with Crippen LogP contribution < -0.4 is 26.1 Å². The summed E-state index contributed by atoms with van der Waals surface area (Å²) in [5.41, 5.74) is 36.4. The number of anilines is 1. The zero-order valence-electron chi connectivity index (χ0n) is 74.6. The van der Waals surface area contributed by atoms with Gasteiger partial charge in [-0.1, -0.05) is 366 Å². The Kier molecular flexibility index (Phi) is 26.0. The molecule has 0 spiro atoms. The zero-order chi connectivity index (χ0) is 81.2. The van der Waals surface area contributed by atoms with Crippen LogP contribution >= 0.6 is 0 Å². The SMILES string of the molecule is CCC(C)CC1(CC(C)CC)c2cc(CCCc3ccc(C4=CC(c5ccc(CCCc6ccc7c(c6)C(CC(C)CC)(CC(C)CC)c6cc([Si](C)(C)C)ccc6-7)cc5)=NN(c5ccc(CCCc6ccc7c(c6)C(CC(C)CC)(CC(C)CC)c6cc([Si](C)(C)C)ccc6-7)cc5)N4)cc3)ccc2-c2ccc([Si](C)(C)C)cc21. The van der Waals surface area contributed by atoms with E-state index in [0.29, 0.717) is 35.5 Å². The van der Waals surface area contributed by atoms with Crippen molar-refractivity contribution in [1.82, 2.24) is 5.43 Å². The molecule has 6 atom stereocenters. The van der Waals surface area contributed by atoms with Crippen molar-refractivity contribution in [2.75, 3.05) is 5.12 Å². The molecule has 0 amide bonds. The normalized spacial score (nSPS) is 19.2. The van der Waals surface area contributed by atoms with Gasteiger partial charge in [-0.05, 0) is 256 Å². The fourth-order valence-corrected chi connectivity index (χ4v) is 23.8. The van der Waals surface area contributed by atoms with Crippen LogP contribution in [0.4, 0.5) is 5.69 Å². The molecule has 6 heteroatoms. The molecule has 0 saturated heterocycles. The smallest absolute Gasteiger partial charge is 0.0949 e. The number of nitrogens with zero attached hydrogens (tertiary/aromatic N) is 2. The number of nitrogens with one attached hydrogen (secondary N) is 1. The molecule has 0 saturated carbocycles. The first-order chi connectivity index (χ1) is 54.4. The third-order valence-electron chi connectivity index (χ3n) is 28.4. The average molecular weight is 1570 g/mol. The number of rotatable bonds is 36. The predicted molar refractivity (Wildman–Crippen MR) is 507 cm³/mol. The Labute approximate surface area is 695 Å². The van der Waals surface area contributed by atoms with Gasteiger partial charge in [-0.3, -0.25) is 5.43 Å². The average Bonchev–Trinajstić information content (AvgIpc) is 1.57. The maximum atomic E-state index is 5.44. The second-order valence-electron chi connectivity index (χ2n) is 40.3. The largest absolute Gasteiger partial charge is 0.277 e. The summed E-state index contributed by atoms with van der Waals surface area (Å²) in [7, 11) is -4.59. The minimum absolute atomic E-state index is 0.0430. The maximum Gasteiger partial charge on any atom is 0.0949 e. The van der Waals surface area contributed by atoms with Crippen LogP contribution in [-0.4, -0.2) is 29.9 Å². The van der Waals surface area contributed by atoms with Crippen molar-refractivity contribution in [2.45, 2.75) is 293 Å². The van der Waals surface area contributed by atoms with Crippen molar-refractivity contribution >= 4 is 56.9 Å². The Morgan fingerprint density at radius 2 is 0.544 bits per heavy atom. The standard InChI is InChI=1S/C108H143N3Si3/c1-22-74(7)68-106(69-75(8)23-2)98-61-83(43-55-92(98)95-58-52-89(64-101(95)106)112(13,14)15)34-28-31-80-37-46-86(47-38-80)104-67-105(87-48-39-81(40-49-87)32-29-35-84-44-56-93-96-59-53-90(113(16,17)18)65-102(96)107(99(93)62-84,70-76(9)24-3)71-77(10)25-4)110-111(109-104)88-50-41-82(42-51-88)33-30-36-85-45-57-94-97-60-54-91(114(19,20)21)66-103(97)108(100(94)63-85,72-78(11)26-5)73-79(12)27-6/h37-67,74-79,109H,22-36,68-73H2,1-21H3. The van der Waals surface area contributed by atoms with E-state index in [4.69, 9.17) is 5.10 Å². The molecule has 114 heavy (non-hydrogen) atoms. The van der Waals surface area contributed by atoms with Gasteiger partial charge in [0.05, 0.1) is 41.3 Å². The van der Waals surface area contributed by atoms with Gasteiger partial charge >= 0.3 is 0 Å². The second kappa shape index (κ2) is 35.1. The zero-order valence-corrected chi connectivity index (χ0v) is 77.6. The Morgan fingerprint density at radius 3 is 0.825 bits per heavy atom. The van der Waals surface area contributed by atoms with E-state index in [1.165, 1.54) is 144 Å². The molecule has 602 valence electrons.